The van der Waals surface area contributed by atoms with Crippen LogP contribution in [0.4, 0.5) is 0 Å². The molecule has 3 heteroatoms. The lowest BCUT2D eigenvalue weighted by molar-refractivity contribution is 0.0809. The molecule has 2 aromatic carbocycles. The van der Waals surface area contributed by atoms with Crippen LogP contribution in [0, 0.1) is 0 Å². The average Bonchev–Trinajstić information content (AvgIpc) is 2.77. The van der Waals surface area contributed by atoms with Crippen LogP contribution in [-0.2, 0) is 4.43 Å². The zero-order valence-corrected chi connectivity index (χ0v) is 13.2. The van der Waals surface area contributed by atoms with Gasteiger partial charge in [-0.1, -0.05) is 48.5 Å². The summed E-state index contributed by atoms with van der Waals surface area (Å²) in [5, 5.41) is 0. The van der Waals surface area contributed by atoms with Gasteiger partial charge in [0.1, 0.15) is 11.9 Å². The van der Waals surface area contributed by atoms with Crippen molar-refractivity contribution >= 4 is 8.32 Å². The zero-order chi connectivity index (χ0) is 14.2. The van der Waals surface area contributed by atoms with Crippen molar-refractivity contribution in [3.05, 3.63) is 65.7 Å². The minimum atomic E-state index is -1.65. The molecule has 0 radical (unpaired) electrons. The van der Waals surface area contributed by atoms with E-state index in [1.54, 1.807) is 0 Å². The largest absolute Gasteiger partial charge is 0.482 e. The Morgan fingerprint density at radius 1 is 0.900 bits per heavy atom. The molecule has 0 aliphatic carbocycles. The smallest absolute Gasteiger partial charge is 0.184 e. The van der Waals surface area contributed by atoms with E-state index in [0.29, 0.717) is 0 Å². The maximum atomic E-state index is 6.41. The minimum absolute atomic E-state index is 0.000247. The van der Waals surface area contributed by atoms with Crippen molar-refractivity contribution in [2.75, 3.05) is 0 Å². The molecule has 0 spiro atoms. The fraction of sp³-hybridized carbons (Fsp3) is 0.294. The van der Waals surface area contributed by atoms with Crippen molar-refractivity contribution in [3.8, 4) is 5.75 Å². The first-order valence-electron chi connectivity index (χ1n) is 7.03. The Bertz CT molecular complexity index is 589. The third-order valence-electron chi connectivity index (χ3n) is 3.36. The van der Waals surface area contributed by atoms with Crippen molar-refractivity contribution in [1.29, 1.82) is 0 Å². The molecule has 2 atom stereocenters. The molecule has 0 bridgehead atoms. The van der Waals surface area contributed by atoms with Crippen LogP contribution >= 0.6 is 0 Å². The summed E-state index contributed by atoms with van der Waals surface area (Å²) in [6.07, 6.45) is -0.0411. The van der Waals surface area contributed by atoms with Crippen molar-refractivity contribution in [2.45, 2.75) is 31.8 Å². The molecule has 0 unspecified atom stereocenters. The highest BCUT2D eigenvalue weighted by Crippen LogP contribution is 2.47. The summed E-state index contributed by atoms with van der Waals surface area (Å²) in [6, 6.07) is 18.5. The van der Waals surface area contributed by atoms with Crippen LogP contribution in [0.15, 0.2) is 54.6 Å². The van der Waals surface area contributed by atoms with Gasteiger partial charge >= 0.3 is 0 Å². The maximum absolute atomic E-state index is 6.41. The van der Waals surface area contributed by atoms with Crippen LogP contribution in [-0.4, -0.2) is 8.32 Å². The van der Waals surface area contributed by atoms with Gasteiger partial charge in [-0.2, -0.15) is 0 Å². The van der Waals surface area contributed by atoms with Gasteiger partial charge in [-0.25, -0.2) is 0 Å². The molecule has 2 nitrogen and oxygen atoms in total. The summed E-state index contributed by atoms with van der Waals surface area (Å²) in [4.78, 5) is 0. The van der Waals surface area contributed by atoms with Gasteiger partial charge in [0.15, 0.2) is 14.4 Å². The van der Waals surface area contributed by atoms with Gasteiger partial charge in [0.25, 0.3) is 0 Å². The molecule has 20 heavy (non-hydrogen) atoms. The fourth-order valence-electron chi connectivity index (χ4n) is 2.58. The molecule has 3 rings (SSSR count). The zero-order valence-electron chi connectivity index (χ0n) is 12.2. The summed E-state index contributed by atoms with van der Waals surface area (Å²) < 4.78 is 12.6. The van der Waals surface area contributed by atoms with Crippen LogP contribution < -0.4 is 4.74 Å². The Balaban J connectivity index is 1.99. The number of hydrogen-bond acceptors (Lipinski definition) is 2. The molecule has 0 amide bonds. The van der Waals surface area contributed by atoms with Gasteiger partial charge in [0, 0.05) is 5.56 Å². The van der Waals surface area contributed by atoms with E-state index in [4.69, 9.17) is 9.16 Å². The van der Waals surface area contributed by atoms with E-state index in [0.717, 1.165) is 5.75 Å². The van der Waals surface area contributed by atoms with Crippen LogP contribution in [0.5, 0.6) is 5.75 Å². The molecular formula is C17H20O2Si. The van der Waals surface area contributed by atoms with Crippen molar-refractivity contribution in [1.82, 2.24) is 0 Å². The predicted octanol–water partition coefficient (Wildman–Crippen LogP) is 4.71. The Morgan fingerprint density at radius 2 is 1.55 bits per heavy atom. The Morgan fingerprint density at radius 3 is 2.25 bits per heavy atom. The molecule has 2 aromatic rings. The predicted molar refractivity (Wildman–Crippen MR) is 83.4 cm³/mol. The molecule has 1 aliphatic heterocycles. The Hall–Kier alpha value is -1.58. The quantitative estimate of drug-likeness (QED) is 0.760. The summed E-state index contributed by atoms with van der Waals surface area (Å²) in [5.74, 6) is 0.949. The van der Waals surface area contributed by atoms with Crippen molar-refractivity contribution < 1.29 is 9.16 Å². The Labute approximate surface area is 121 Å². The topological polar surface area (TPSA) is 18.5 Å². The summed E-state index contributed by atoms with van der Waals surface area (Å²) in [5.41, 5.74) is 2.34. The second-order valence-electron chi connectivity index (χ2n) is 6.14. The molecule has 0 saturated carbocycles. The fourth-order valence-corrected chi connectivity index (χ4v) is 3.59. The Kier molecular flexibility index (Phi) is 3.40. The highest BCUT2D eigenvalue weighted by molar-refractivity contribution is 6.69. The van der Waals surface area contributed by atoms with Gasteiger partial charge in [-0.05, 0) is 31.3 Å². The van der Waals surface area contributed by atoms with E-state index in [1.807, 2.05) is 30.3 Å². The number of fused-ring (bicyclic) bond motifs is 1. The lowest BCUT2D eigenvalue weighted by Gasteiger charge is -2.27. The van der Waals surface area contributed by atoms with Crippen LogP contribution in [0.3, 0.4) is 0 Å². The maximum Gasteiger partial charge on any atom is 0.184 e. The summed E-state index contributed by atoms with van der Waals surface area (Å²) >= 11 is 0. The van der Waals surface area contributed by atoms with Crippen LogP contribution in [0.2, 0.25) is 19.6 Å². The standard InChI is InChI=1S/C17H20O2Si/c1-20(2,3)19-17-14-11-7-8-12-15(14)18-16(17)13-9-5-4-6-10-13/h4-12,16-17H,1-3H3/t16-,17-/m1/s1. The van der Waals surface area contributed by atoms with E-state index < -0.39 is 8.32 Å². The van der Waals surface area contributed by atoms with Gasteiger partial charge in [0.05, 0.1) is 0 Å². The summed E-state index contributed by atoms with van der Waals surface area (Å²) in [7, 11) is -1.65. The van der Waals surface area contributed by atoms with E-state index in [-0.39, 0.29) is 12.2 Å². The first-order chi connectivity index (χ1) is 9.54. The van der Waals surface area contributed by atoms with Gasteiger partial charge in [-0.3, -0.25) is 0 Å². The van der Waals surface area contributed by atoms with Crippen molar-refractivity contribution in [2.24, 2.45) is 0 Å². The highest BCUT2D eigenvalue weighted by atomic mass is 28.4. The molecule has 104 valence electrons. The number of benzene rings is 2. The SMILES string of the molecule is C[Si](C)(C)O[C@@H]1c2ccccc2O[C@@H]1c1ccccc1. The first-order valence-corrected chi connectivity index (χ1v) is 10.4. The molecule has 0 saturated heterocycles. The third-order valence-corrected chi connectivity index (χ3v) is 4.32. The molecule has 1 heterocycles. The van der Waals surface area contributed by atoms with E-state index in [9.17, 15) is 0 Å². The third kappa shape index (κ3) is 2.64. The number of para-hydroxylation sites is 1. The first kappa shape index (κ1) is 13.4. The monoisotopic (exact) mass is 284 g/mol. The van der Waals surface area contributed by atoms with Gasteiger partial charge < -0.3 is 9.16 Å². The normalized spacial score (nSPS) is 21.4. The minimum Gasteiger partial charge on any atom is -0.482 e. The van der Waals surface area contributed by atoms with Crippen molar-refractivity contribution in [3.63, 3.8) is 0 Å². The number of hydrogen-bond donors (Lipinski definition) is 0. The molecule has 1 aliphatic rings. The van der Waals surface area contributed by atoms with Crippen LogP contribution in [0.1, 0.15) is 23.3 Å². The second kappa shape index (κ2) is 5.07. The molecule has 0 N–H and O–H groups in total. The van der Waals surface area contributed by atoms with E-state index in [1.165, 1.54) is 11.1 Å². The van der Waals surface area contributed by atoms with E-state index >= 15 is 0 Å². The highest BCUT2D eigenvalue weighted by Gasteiger charge is 2.38. The second-order valence-corrected chi connectivity index (χ2v) is 10.6. The molecule has 0 fully saturated rings. The number of ether oxygens (including phenoxy) is 1. The number of rotatable bonds is 3. The van der Waals surface area contributed by atoms with Gasteiger partial charge in [-0.15, -0.1) is 0 Å². The van der Waals surface area contributed by atoms with Crippen LogP contribution in [0.25, 0.3) is 0 Å². The molecule has 0 aromatic heterocycles. The average molecular weight is 284 g/mol. The molecular weight excluding hydrogens is 264 g/mol. The lowest BCUT2D eigenvalue weighted by Crippen LogP contribution is -2.29. The van der Waals surface area contributed by atoms with Gasteiger partial charge in [0.2, 0.25) is 0 Å². The summed E-state index contributed by atoms with van der Waals surface area (Å²) in [6.45, 7) is 6.65. The lowest BCUT2D eigenvalue weighted by atomic mass is 10.0. The van der Waals surface area contributed by atoms with E-state index in [2.05, 4.69) is 43.9 Å².